The summed E-state index contributed by atoms with van der Waals surface area (Å²) >= 11 is 0. The first-order chi connectivity index (χ1) is 12.1. The van der Waals surface area contributed by atoms with Crippen LogP contribution in [-0.4, -0.2) is 18.5 Å². The molecule has 0 bridgehead atoms. The van der Waals surface area contributed by atoms with Gasteiger partial charge in [0, 0.05) is 24.3 Å². The van der Waals surface area contributed by atoms with Crippen LogP contribution >= 0.6 is 0 Å². The molecule has 5 heteroatoms. The summed E-state index contributed by atoms with van der Waals surface area (Å²) in [6, 6.07) is 14.9. The predicted molar refractivity (Wildman–Crippen MR) is 98.5 cm³/mol. The molecule has 0 unspecified atom stereocenters. The third-order valence-corrected chi connectivity index (χ3v) is 4.52. The number of para-hydroxylation sites is 1. The zero-order valence-electron chi connectivity index (χ0n) is 14.2. The summed E-state index contributed by atoms with van der Waals surface area (Å²) < 4.78 is 0. The lowest BCUT2D eigenvalue weighted by Gasteiger charge is -2.27. The fraction of sp³-hybridized carbons (Fsp3) is 0.300. The Morgan fingerprint density at radius 3 is 2.52 bits per heavy atom. The monoisotopic (exact) mass is 337 g/mol. The number of carbonyl (C=O) groups excluding carboxylic acids is 2. The summed E-state index contributed by atoms with van der Waals surface area (Å²) in [4.78, 5) is 25.7. The van der Waals surface area contributed by atoms with E-state index in [9.17, 15) is 9.59 Å². The van der Waals surface area contributed by atoms with Gasteiger partial charge in [-0.15, -0.1) is 0 Å². The van der Waals surface area contributed by atoms with Gasteiger partial charge in [-0.2, -0.15) is 0 Å². The van der Waals surface area contributed by atoms with Gasteiger partial charge in [0.05, 0.1) is 0 Å². The van der Waals surface area contributed by atoms with Gasteiger partial charge in [0.1, 0.15) is 0 Å². The SMILES string of the molecule is NC(=O)NCc1ccc(C(=O)N2CCCCCc3ccccc32)cc1. The number of nitrogens with zero attached hydrogens (tertiary/aromatic N) is 1. The summed E-state index contributed by atoms with van der Waals surface area (Å²) in [5, 5.41) is 2.55. The molecule has 0 fully saturated rings. The molecule has 0 aliphatic carbocycles. The van der Waals surface area contributed by atoms with Gasteiger partial charge in [-0.3, -0.25) is 4.79 Å². The molecule has 0 saturated carbocycles. The molecule has 2 aromatic rings. The number of aryl methyl sites for hydroxylation is 1. The highest BCUT2D eigenvalue weighted by Crippen LogP contribution is 2.27. The molecule has 3 rings (SSSR count). The highest BCUT2D eigenvalue weighted by molar-refractivity contribution is 6.06. The van der Waals surface area contributed by atoms with E-state index in [1.165, 1.54) is 12.0 Å². The first-order valence-electron chi connectivity index (χ1n) is 8.67. The average Bonchev–Trinajstić information content (AvgIpc) is 2.61. The first-order valence-corrected chi connectivity index (χ1v) is 8.67. The summed E-state index contributed by atoms with van der Waals surface area (Å²) in [6.45, 7) is 1.09. The lowest BCUT2D eigenvalue weighted by atomic mass is 10.0. The molecule has 1 aliphatic rings. The third kappa shape index (κ3) is 4.18. The quantitative estimate of drug-likeness (QED) is 0.902. The average molecular weight is 337 g/mol. The van der Waals surface area contributed by atoms with Gasteiger partial charge in [-0.1, -0.05) is 36.8 Å². The lowest BCUT2D eigenvalue weighted by Crippen LogP contribution is -2.33. The van der Waals surface area contributed by atoms with Gasteiger partial charge in [0.25, 0.3) is 5.91 Å². The summed E-state index contributed by atoms with van der Waals surface area (Å²) in [6.07, 6.45) is 4.33. The predicted octanol–water partition coefficient (Wildman–Crippen LogP) is 3.23. The Labute approximate surface area is 147 Å². The van der Waals surface area contributed by atoms with Crippen molar-refractivity contribution in [3.05, 3.63) is 65.2 Å². The van der Waals surface area contributed by atoms with E-state index in [4.69, 9.17) is 5.73 Å². The van der Waals surface area contributed by atoms with Crippen molar-refractivity contribution in [2.24, 2.45) is 5.73 Å². The van der Waals surface area contributed by atoms with Crippen LogP contribution in [0.4, 0.5) is 10.5 Å². The van der Waals surface area contributed by atoms with Crippen molar-refractivity contribution in [2.45, 2.75) is 32.2 Å². The molecular weight excluding hydrogens is 314 g/mol. The normalized spacial score (nSPS) is 14.2. The molecule has 2 aromatic carbocycles. The van der Waals surface area contributed by atoms with Gasteiger partial charge in [0.15, 0.2) is 0 Å². The van der Waals surface area contributed by atoms with Crippen molar-refractivity contribution in [3.8, 4) is 0 Å². The smallest absolute Gasteiger partial charge is 0.312 e. The summed E-state index contributed by atoms with van der Waals surface area (Å²) in [5.41, 5.74) is 8.89. The van der Waals surface area contributed by atoms with E-state index in [2.05, 4.69) is 11.4 Å². The molecular formula is C20H23N3O2. The van der Waals surface area contributed by atoms with E-state index in [0.717, 1.165) is 37.1 Å². The Morgan fingerprint density at radius 1 is 1.00 bits per heavy atom. The number of primary amides is 1. The topological polar surface area (TPSA) is 75.4 Å². The molecule has 0 saturated heterocycles. The van der Waals surface area contributed by atoms with Crippen molar-refractivity contribution in [1.29, 1.82) is 0 Å². The van der Waals surface area contributed by atoms with Crippen LogP contribution in [0.25, 0.3) is 0 Å². The molecule has 0 aromatic heterocycles. The largest absolute Gasteiger partial charge is 0.352 e. The van der Waals surface area contributed by atoms with Crippen molar-refractivity contribution >= 4 is 17.6 Å². The van der Waals surface area contributed by atoms with E-state index in [1.54, 1.807) is 0 Å². The van der Waals surface area contributed by atoms with Crippen LogP contribution in [0.1, 0.15) is 40.7 Å². The Bertz CT molecular complexity index is 756. The van der Waals surface area contributed by atoms with Crippen LogP contribution in [0.3, 0.4) is 0 Å². The van der Waals surface area contributed by atoms with Crippen molar-refractivity contribution < 1.29 is 9.59 Å². The molecule has 25 heavy (non-hydrogen) atoms. The number of benzene rings is 2. The van der Waals surface area contributed by atoms with Crippen LogP contribution in [0.2, 0.25) is 0 Å². The molecule has 5 nitrogen and oxygen atoms in total. The maximum absolute atomic E-state index is 13.0. The van der Waals surface area contributed by atoms with Crippen LogP contribution < -0.4 is 16.0 Å². The Morgan fingerprint density at radius 2 is 1.76 bits per heavy atom. The number of carbonyl (C=O) groups is 2. The number of amides is 3. The zero-order chi connectivity index (χ0) is 17.6. The maximum Gasteiger partial charge on any atom is 0.312 e. The van der Waals surface area contributed by atoms with E-state index < -0.39 is 6.03 Å². The molecule has 3 N–H and O–H groups in total. The van der Waals surface area contributed by atoms with Gasteiger partial charge in [-0.05, 0) is 48.6 Å². The second kappa shape index (κ2) is 7.83. The molecule has 3 amide bonds. The fourth-order valence-corrected chi connectivity index (χ4v) is 3.19. The second-order valence-electron chi connectivity index (χ2n) is 6.31. The van der Waals surface area contributed by atoms with E-state index in [0.29, 0.717) is 12.1 Å². The number of urea groups is 1. The van der Waals surface area contributed by atoms with Gasteiger partial charge >= 0.3 is 6.03 Å². The van der Waals surface area contributed by atoms with Crippen LogP contribution in [-0.2, 0) is 13.0 Å². The summed E-state index contributed by atoms with van der Waals surface area (Å²) in [5.74, 6) is 0.0174. The number of hydrogen-bond acceptors (Lipinski definition) is 2. The van der Waals surface area contributed by atoms with Crippen molar-refractivity contribution in [1.82, 2.24) is 5.32 Å². The number of nitrogens with two attached hydrogens (primary N) is 1. The summed E-state index contributed by atoms with van der Waals surface area (Å²) in [7, 11) is 0. The van der Waals surface area contributed by atoms with Crippen LogP contribution in [0.15, 0.2) is 48.5 Å². The van der Waals surface area contributed by atoms with Crippen molar-refractivity contribution in [3.63, 3.8) is 0 Å². The minimum atomic E-state index is -0.558. The van der Waals surface area contributed by atoms with Crippen molar-refractivity contribution in [2.75, 3.05) is 11.4 Å². The van der Waals surface area contributed by atoms with Crippen LogP contribution in [0, 0.1) is 0 Å². The second-order valence-corrected chi connectivity index (χ2v) is 6.31. The van der Waals surface area contributed by atoms with Crippen LogP contribution in [0.5, 0.6) is 0 Å². The van der Waals surface area contributed by atoms with Gasteiger partial charge in [0.2, 0.25) is 0 Å². The maximum atomic E-state index is 13.0. The number of nitrogens with one attached hydrogen (secondary N) is 1. The lowest BCUT2D eigenvalue weighted by molar-refractivity contribution is 0.0986. The highest BCUT2D eigenvalue weighted by atomic mass is 16.2. The fourth-order valence-electron chi connectivity index (χ4n) is 3.19. The number of anilines is 1. The van der Waals surface area contributed by atoms with Gasteiger partial charge in [-0.25, -0.2) is 4.79 Å². The first kappa shape index (κ1) is 17.0. The Balaban J connectivity index is 1.81. The third-order valence-electron chi connectivity index (χ3n) is 4.52. The van der Waals surface area contributed by atoms with E-state index in [-0.39, 0.29) is 5.91 Å². The number of fused-ring (bicyclic) bond motifs is 1. The zero-order valence-corrected chi connectivity index (χ0v) is 14.2. The number of rotatable bonds is 3. The molecule has 0 atom stereocenters. The molecule has 0 radical (unpaired) electrons. The highest BCUT2D eigenvalue weighted by Gasteiger charge is 2.21. The molecule has 1 aliphatic heterocycles. The molecule has 0 spiro atoms. The minimum Gasteiger partial charge on any atom is -0.352 e. The Kier molecular flexibility index (Phi) is 5.33. The standard InChI is InChI=1S/C20H23N3O2/c21-20(25)22-14-15-9-11-17(12-10-15)19(24)23-13-5-1-2-6-16-7-3-4-8-18(16)23/h3-4,7-12H,1-2,5-6,13-14H2,(H3,21,22,25). The number of hydrogen-bond donors (Lipinski definition) is 2. The molecule has 1 heterocycles. The Hall–Kier alpha value is -2.82. The van der Waals surface area contributed by atoms with E-state index in [1.807, 2.05) is 47.4 Å². The minimum absolute atomic E-state index is 0.0174. The van der Waals surface area contributed by atoms with E-state index >= 15 is 0 Å². The molecule has 130 valence electrons. The van der Waals surface area contributed by atoms with Gasteiger partial charge < -0.3 is 16.0 Å².